The van der Waals surface area contributed by atoms with Gasteiger partial charge in [-0.2, -0.15) is 0 Å². The van der Waals surface area contributed by atoms with Gasteiger partial charge in [-0.05, 0) is 6.92 Å². The van der Waals surface area contributed by atoms with Crippen molar-refractivity contribution in [1.29, 1.82) is 0 Å². The number of aliphatic hydroxyl groups is 4. The number of aliphatic hydroxyl groups excluding tert-OH is 3. The second kappa shape index (κ2) is 6.65. The van der Waals surface area contributed by atoms with E-state index in [2.05, 4.69) is 0 Å². The van der Waals surface area contributed by atoms with Crippen LogP contribution >= 0.6 is 0 Å². The maximum atomic E-state index is 12.4. The third-order valence-corrected chi connectivity index (χ3v) is 4.15. The molecular weight excluding hydrogens is 326 g/mol. The highest BCUT2D eigenvalue weighted by molar-refractivity contribution is 6.06. The van der Waals surface area contributed by atoms with Gasteiger partial charge < -0.3 is 25.2 Å². The molecule has 0 aromatic heterocycles. The van der Waals surface area contributed by atoms with Crippen molar-refractivity contribution in [2.45, 2.75) is 57.3 Å². The summed E-state index contributed by atoms with van der Waals surface area (Å²) in [4.78, 5) is 48.5. The maximum Gasteiger partial charge on any atom is 0.261 e. The lowest BCUT2D eigenvalue weighted by Gasteiger charge is -2.56. The molecule has 0 spiro atoms. The van der Waals surface area contributed by atoms with Crippen molar-refractivity contribution >= 4 is 23.4 Å². The van der Waals surface area contributed by atoms with Crippen LogP contribution in [0.25, 0.3) is 0 Å². The van der Waals surface area contributed by atoms with Crippen molar-refractivity contribution < 1.29 is 44.3 Å². The van der Waals surface area contributed by atoms with E-state index in [1.54, 1.807) is 0 Å². The van der Waals surface area contributed by atoms with Crippen LogP contribution in [0.3, 0.4) is 0 Å². The van der Waals surface area contributed by atoms with Crippen LogP contribution in [0.5, 0.6) is 0 Å². The first-order chi connectivity index (χ1) is 10.9. The van der Waals surface area contributed by atoms with Crippen LogP contribution in [0.15, 0.2) is 0 Å². The van der Waals surface area contributed by atoms with Crippen LogP contribution < -0.4 is 0 Å². The van der Waals surface area contributed by atoms with Crippen LogP contribution in [0.2, 0.25) is 0 Å². The first-order valence-electron chi connectivity index (χ1n) is 7.10. The molecule has 136 valence electrons. The van der Waals surface area contributed by atoms with Crippen molar-refractivity contribution in [1.82, 2.24) is 4.90 Å². The average molecular weight is 347 g/mol. The molecule has 0 saturated carbocycles. The molecule has 1 aliphatic heterocycles. The number of carbonyl (C=O) groups is 4. The molecule has 1 saturated heterocycles. The Morgan fingerprint density at radius 1 is 1.00 bits per heavy atom. The summed E-state index contributed by atoms with van der Waals surface area (Å²) in [6.45, 7) is 2.50. The normalized spacial score (nSPS) is 36.1. The fraction of sp³-hybridized carbons (Fsp3) is 0.714. The minimum absolute atomic E-state index is 0.193. The molecule has 1 aliphatic rings. The first kappa shape index (κ1) is 20.3. The fourth-order valence-electron chi connectivity index (χ4n) is 3.13. The lowest BCUT2D eigenvalue weighted by atomic mass is 9.71. The van der Waals surface area contributed by atoms with Gasteiger partial charge in [0.25, 0.3) is 5.79 Å². The molecule has 0 bridgehead atoms. The summed E-state index contributed by atoms with van der Waals surface area (Å²) in [5.74, 6) is -7.63. The van der Waals surface area contributed by atoms with Crippen LogP contribution in [-0.4, -0.2) is 85.0 Å². The monoisotopic (exact) mass is 347 g/mol. The molecule has 2 amide bonds. The summed E-state index contributed by atoms with van der Waals surface area (Å²) in [7, 11) is 0. The minimum atomic E-state index is -3.15. The van der Waals surface area contributed by atoms with Gasteiger partial charge in [0.2, 0.25) is 11.8 Å². The SMILES string of the molecule is CC(=O)N(C(C)=O)[C@]1(C(C)=O)[C@@H](O)[C@H](O)[C@@H](CO)O[C@]1(O)C(C)=O. The first-order valence-corrected chi connectivity index (χ1v) is 7.10. The van der Waals surface area contributed by atoms with Gasteiger partial charge in [-0.15, -0.1) is 0 Å². The van der Waals surface area contributed by atoms with Gasteiger partial charge in [-0.1, -0.05) is 0 Å². The van der Waals surface area contributed by atoms with Gasteiger partial charge in [0, 0.05) is 20.8 Å². The van der Waals surface area contributed by atoms with Crippen molar-refractivity contribution in [2.24, 2.45) is 0 Å². The number of carbonyl (C=O) groups excluding carboxylic acids is 4. The highest BCUT2D eigenvalue weighted by atomic mass is 16.7. The molecule has 4 N–H and O–H groups in total. The second-order valence-electron chi connectivity index (χ2n) is 5.67. The van der Waals surface area contributed by atoms with Gasteiger partial charge in [-0.25, -0.2) is 0 Å². The van der Waals surface area contributed by atoms with E-state index in [0.29, 0.717) is 0 Å². The van der Waals surface area contributed by atoms with Gasteiger partial charge in [0.05, 0.1) is 6.61 Å². The fourth-order valence-corrected chi connectivity index (χ4v) is 3.13. The van der Waals surface area contributed by atoms with E-state index in [1.165, 1.54) is 0 Å². The van der Waals surface area contributed by atoms with Crippen LogP contribution in [-0.2, 0) is 23.9 Å². The topological polar surface area (TPSA) is 162 Å². The van der Waals surface area contributed by atoms with Crippen LogP contribution in [0.1, 0.15) is 27.7 Å². The zero-order valence-electron chi connectivity index (χ0n) is 13.7. The molecule has 1 rings (SSSR count). The maximum absolute atomic E-state index is 12.4. The molecule has 5 atom stereocenters. The number of ketones is 2. The molecule has 1 heterocycles. The zero-order chi connectivity index (χ0) is 19.0. The smallest absolute Gasteiger partial charge is 0.261 e. The third kappa shape index (κ3) is 2.56. The molecular formula is C14H21NO9. The van der Waals surface area contributed by atoms with Crippen LogP contribution in [0.4, 0.5) is 0 Å². The van der Waals surface area contributed by atoms with E-state index in [1.807, 2.05) is 0 Å². The summed E-state index contributed by atoms with van der Waals surface area (Å²) >= 11 is 0. The van der Waals surface area contributed by atoms with Crippen molar-refractivity contribution in [3.05, 3.63) is 0 Å². The Kier molecular flexibility index (Phi) is 5.63. The van der Waals surface area contributed by atoms with Gasteiger partial charge in [0.1, 0.15) is 18.3 Å². The molecule has 10 heteroatoms. The largest absolute Gasteiger partial charge is 0.394 e. The molecule has 1 fully saturated rings. The average Bonchev–Trinajstić information content (AvgIpc) is 2.45. The highest BCUT2D eigenvalue weighted by Gasteiger charge is 2.73. The lowest BCUT2D eigenvalue weighted by molar-refractivity contribution is -0.334. The van der Waals surface area contributed by atoms with E-state index in [4.69, 9.17) is 4.74 Å². The number of hydrogen-bond acceptors (Lipinski definition) is 9. The molecule has 10 nitrogen and oxygen atoms in total. The summed E-state index contributed by atoms with van der Waals surface area (Å²) in [5.41, 5.74) is -2.90. The molecule has 0 aromatic rings. The van der Waals surface area contributed by atoms with E-state index in [9.17, 15) is 39.6 Å². The van der Waals surface area contributed by atoms with Gasteiger partial charge in [-0.3, -0.25) is 24.1 Å². The highest BCUT2D eigenvalue weighted by Crippen LogP contribution is 2.42. The van der Waals surface area contributed by atoms with Gasteiger partial charge in [0.15, 0.2) is 17.1 Å². The zero-order valence-corrected chi connectivity index (χ0v) is 13.7. The van der Waals surface area contributed by atoms with Crippen LogP contribution in [0, 0.1) is 0 Å². The number of imide groups is 1. The molecule has 24 heavy (non-hydrogen) atoms. The molecule has 0 aliphatic carbocycles. The quantitative estimate of drug-likeness (QED) is 0.418. The van der Waals surface area contributed by atoms with E-state index >= 15 is 0 Å². The molecule has 0 unspecified atom stereocenters. The van der Waals surface area contributed by atoms with Crippen molar-refractivity contribution in [3.8, 4) is 0 Å². The van der Waals surface area contributed by atoms with E-state index in [-0.39, 0.29) is 4.90 Å². The third-order valence-electron chi connectivity index (χ3n) is 4.15. The van der Waals surface area contributed by atoms with Crippen molar-refractivity contribution in [2.75, 3.05) is 6.61 Å². The Balaban J connectivity index is 3.86. The number of hydrogen-bond donors (Lipinski definition) is 4. The molecule has 0 radical (unpaired) electrons. The Bertz CT molecular complexity index is 563. The number of ether oxygens (including phenoxy) is 1. The summed E-state index contributed by atoms with van der Waals surface area (Å²) in [5, 5.41) is 40.6. The van der Waals surface area contributed by atoms with Gasteiger partial charge >= 0.3 is 0 Å². The lowest BCUT2D eigenvalue weighted by Crippen LogP contribution is -2.84. The second-order valence-corrected chi connectivity index (χ2v) is 5.67. The Labute approximate surface area is 137 Å². The number of nitrogens with zero attached hydrogens (tertiary/aromatic N) is 1. The number of Topliss-reactive ketones (excluding diaryl/α,β-unsaturated/α-hetero) is 2. The Morgan fingerprint density at radius 3 is 1.75 bits per heavy atom. The molecule has 0 aromatic carbocycles. The van der Waals surface area contributed by atoms with E-state index < -0.39 is 59.6 Å². The summed E-state index contributed by atoms with van der Waals surface area (Å²) in [6.07, 6.45) is -5.86. The summed E-state index contributed by atoms with van der Waals surface area (Å²) < 4.78 is 5.00. The standard InChI is InChI=1S/C14H21NO9/c1-6(17)13(15(8(3)19)9(4)20)12(22)11(21)10(5-16)24-14(13,23)7(2)18/h10-12,16,21-23H,5H2,1-4H3/t10-,11-,12+,13-,14-/m1/s1. The predicted octanol–water partition coefficient (Wildman–Crippen LogP) is -2.90. The number of rotatable bonds is 4. The predicted molar refractivity (Wildman–Crippen MR) is 76.2 cm³/mol. The Morgan fingerprint density at radius 2 is 1.46 bits per heavy atom. The Hall–Kier alpha value is -1.72. The minimum Gasteiger partial charge on any atom is -0.394 e. The van der Waals surface area contributed by atoms with E-state index in [0.717, 1.165) is 27.7 Å². The number of amides is 2. The van der Waals surface area contributed by atoms with Crippen molar-refractivity contribution in [3.63, 3.8) is 0 Å². The summed E-state index contributed by atoms with van der Waals surface area (Å²) in [6, 6.07) is 0.